The van der Waals surface area contributed by atoms with Crippen molar-refractivity contribution in [3.8, 4) is 0 Å². The van der Waals surface area contributed by atoms with E-state index in [-0.39, 0.29) is 0 Å². The summed E-state index contributed by atoms with van der Waals surface area (Å²) in [6, 6.07) is 6.19. The summed E-state index contributed by atoms with van der Waals surface area (Å²) >= 11 is 0. The van der Waals surface area contributed by atoms with Crippen LogP contribution in [0, 0.1) is 13.8 Å². The molecule has 2 rings (SSSR count). The van der Waals surface area contributed by atoms with Gasteiger partial charge in [0.25, 0.3) is 0 Å². The van der Waals surface area contributed by atoms with E-state index < -0.39 is 0 Å². The lowest BCUT2D eigenvalue weighted by Gasteiger charge is -2.02. The minimum atomic E-state index is 0.832. The summed E-state index contributed by atoms with van der Waals surface area (Å²) in [5, 5.41) is 0. The Morgan fingerprint density at radius 2 is 2.21 bits per heavy atom. The second kappa shape index (κ2) is 3.62. The van der Waals surface area contributed by atoms with Crippen molar-refractivity contribution >= 4 is 0 Å². The minimum absolute atomic E-state index is 0.832. The number of rotatable bonds is 2. The highest BCUT2D eigenvalue weighted by atomic mass is 15.2. The summed E-state index contributed by atoms with van der Waals surface area (Å²) in [5.74, 6) is 0. The summed E-state index contributed by atoms with van der Waals surface area (Å²) < 4.78 is 4.31. The Morgan fingerprint density at radius 3 is 2.86 bits per heavy atom. The molecule has 0 unspecified atom stereocenters. The number of aryl methyl sites for hydroxylation is 2. The van der Waals surface area contributed by atoms with E-state index in [9.17, 15) is 0 Å². The van der Waals surface area contributed by atoms with E-state index in [4.69, 9.17) is 0 Å². The molecule has 0 spiro atoms. The molecule has 0 bridgehead atoms. The number of aromatic nitrogens is 3. The molecule has 2 heterocycles. The van der Waals surface area contributed by atoms with Gasteiger partial charge in [-0.3, -0.25) is 4.57 Å². The number of imidazole rings is 1. The molecule has 0 fully saturated rings. The van der Waals surface area contributed by atoms with E-state index in [2.05, 4.69) is 40.2 Å². The molecule has 0 radical (unpaired) electrons. The third kappa shape index (κ3) is 1.66. The zero-order chi connectivity index (χ0) is 9.97. The molecule has 3 nitrogen and oxygen atoms in total. The number of hydrogen-bond acceptors (Lipinski definition) is 1. The molecule has 0 saturated heterocycles. The third-order valence-electron chi connectivity index (χ3n) is 2.39. The van der Waals surface area contributed by atoms with Crippen molar-refractivity contribution in [1.29, 1.82) is 0 Å². The van der Waals surface area contributed by atoms with Gasteiger partial charge < -0.3 is 0 Å². The molecule has 3 heteroatoms. The average Bonchev–Trinajstić information content (AvgIpc) is 2.56. The Morgan fingerprint density at radius 1 is 1.36 bits per heavy atom. The molecule has 0 N–H and O–H groups in total. The van der Waals surface area contributed by atoms with Crippen LogP contribution in [0.15, 0.2) is 36.9 Å². The maximum absolute atomic E-state index is 4.10. The molecule has 0 aliphatic carbocycles. The van der Waals surface area contributed by atoms with Crippen LogP contribution in [-0.2, 0) is 6.67 Å². The smallest absolute Gasteiger partial charge is 0.228 e. The Balaban J connectivity index is 2.28. The van der Waals surface area contributed by atoms with E-state index in [1.807, 2.05) is 24.7 Å². The van der Waals surface area contributed by atoms with Crippen LogP contribution in [0.2, 0.25) is 0 Å². The van der Waals surface area contributed by atoms with Crippen molar-refractivity contribution in [2.24, 2.45) is 0 Å². The van der Waals surface area contributed by atoms with Crippen molar-refractivity contribution in [2.75, 3.05) is 0 Å². The molecule has 0 amide bonds. The van der Waals surface area contributed by atoms with Crippen LogP contribution in [-0.4, -0.2) is 9.55 Å². The second-order valence-corrected chi connectivity index (χ2v) is 3.46. The maximum Gasteiger partial charge on any atom is 0.228 e. The summed E-state index contributed by atoms with van der Waals surface area (Å²) in [6.07, 6.45) is 5.81. The minimum Gasteiger partial charge on any atom is -0.278 e. The zero-order valence-corrected chi connectivity index (χ0v) is 8.51. The van der Waals surface area contributed by atoms with Gasteiger partial charge in [-0.1, -0.05) is 6.07 Å². The highest BCUT2D eigenvalue weighted by Crippen LogP contribution is 1.95. The lowest BCUT2D eigenvalue weighted by molar-refractivity contribution is -0.707. The normalized spacial score (nSPS) is 10.4. The van der Waals surface area contributed by atoms with Gasteiger partial charge in [0.1, 0.15) is 0 Å². The molecule has 72 valence electrons. The Bertz CT molecular complexity index is 432. The number of nitrogens with zero attached hydrogens (tertiary/aromatic N) is 3. The van der Waals surface area contributed by atoms with Crippen LogP contribution in [0.4, 0.5) is 0 Å². The van der Waals surface area contributed by atoms with Gasteiger partial charge in [-0.2, -0.15) is 4.57 Å². The highest BCUT2D eigenvalue weighted by Gasteiger charge is 2.05. The summed E-state index contributed by atoms with van der Waals surface area (Å²) in [7, 11) is 0. The van der Waals surface area contributed by atoms with Gasteiger partial charge in [-0.05, 0) is 6.92 Å². The Hall–Kier alpha value is -1.64. The van der Waals surface area contributed by atoms with Crippen molar-refractivity contribution < 1.29 is 4.57 Å². The van der Waals surface area contributed by atoms with E-state index in [1.54, 1.807) is 0 Å². The van der Waals surface area contributed by atoms with Gasteiger partial charge in [0, 0.05) is 30.9 Å². The van der Waals surface area contributed by atoms with Crippen molar-refractivity contribution in [3.05, 3.63) is 48.3 Å². The quantitative estimate of drug-likeness (QED) is 0.651. The SMILES string of the molecule is Cc1cncn1C[n+]1ccccc1C. The Labute approximate surface area is 83.7 Å². The van der Waals surface area contributed by atoms with Crippen molar-refractivity contribution in [3.63, 3.8) is 0 Å². The van der Waals surface area contributed by atoms with E-state index in [1.165, 1.54) is 11.4 Å². The molecule has 0 saturated carbocycles. The molecule has 2 aromatic heterocycles. The topological polar surface area (TPSA) is 21.7 Å². The van der Waals surface area contributed by atoms with E-state index >= 15 is 0 Å². The van der Waals surface area contributed by atoms with Gasteiger partial charge in [0.05, 0.1) is 6.33 Å². The first kappa shape index (κ1) is 8.94. The van der Waals surface area contributed by atoms with E-state index in [0.29, 0.717) is 0 Å². The first-order valence-corrected chi connectivity index (χ1v) is 4.69. The fourth-order valence-corrected chi connectivity index (χ4v) is 1.42. The molecule has 2 aromatic rings. The molecule has 14 heavy (non-hydrogen) atoms. The molecule has 0 atom stereocenters. The van der Waals surface area contributed by atoms with E-state index in [0.717, 1.165) is 6.67 Å². The van der Waals surface area contributed by atoms with Gasteiger partial charge in [-0.15, -0.1) is 0 Å². The highest BCUT2D eigenvalue weighted by molar-refractivity contribution is 4.95. The average molecular weight is 188 g/mol. The fraction of sp³-hybridized carbons (Fsp3) is 0.273. The van der Waals surface area contributed by atoms with Crippen molar-refractivity contribution in [2.45, 2.75) is 20.5 Å². The maximum atomic E-state index is 4.10. The van der Waals surface area contributed by atoms with Crippen LogP contribution in [0.5, 0.6) is 0 Å². The predicted octanol–water partition coefficient (Wildman–Crippen LogP) is 1.29. The first-order valence-electron chi connectivity index (χ1n) is 4.69. The first-order chi connectivity index (χ1) is 6.77. The third-order valence-corrected chi connectivity index (χ3v) is 2.39. The van der Waals surface area contributed by atoms with Crippen LogP contribution < -0.4 is 4.57 Å². The summed E-state index contributed by atoms with van der Waals surface area (Å²) in [4.78, 5) is 4.10. The second-order valence-electron chi connectivity index (χ2n) is 3.46. The van der Waals surface area contributed by atoms with Gasteiger partial charge >= 0.3 is 0 Å². The summed E-state index contributed by atoms with van der Waals surface area (Å²) in [5.41, 5.74) is 2.43. The largest absolute Gasteiger partial charge is 0.278 e. The van der Waals surface area contributed by atoms with Gasteiger partial charge in [-0.25, -0.2) is 4.98 Å². The monoisotopic (exact) mass is 188 g/mol. The molecular formula is C11H14N3+. The lowest BCUT2D eigenvalue weighted by Crippen LogP contribution is -2.39. The standard InChI is InChI=1S/C11H14N3/c1-10-5-3-4-6-13(10)9-14-8-12-7-11(14)2/h3-8H,9H2,1-2H3/q+1. The van der Waals surface area contributed by atoms with Crippen LogP contribution in [0.3, 0.4) is 0 Å². The zero-order valence-electron chi connectivity index (χ0n) is 8.51. The molecule has 0 aromatic carbocycles. The summed E-state index contributed by atoms with van der Waals surface area (Å²) in [6.45, 7) is 5.00. The fourth-order valence-electron chi connectivity index (χ4n) is 1.42. The molecule has 0 aliphatic heterocycles. The van der Waals surface area contributed by atoms with Crippen LogP contribution in [0.25, 0.3) is 0 Å². The van der Waals surface area contributed by atoms with Crippen LogP contribution in [0.1, 0.15) is 11.4 Å². The Kier molecular flexibility index (Phi) is 2.31. The van der Waals surface area contributed by atoms with Gasteiger partial charge in [0.15, 0.2) is 11.9 Å². The predicted molar refractivity (Wildman–Crippen MR) is 53.7 cm³/mol. The molecular weight excluding hydrogens is 174 g/mol. The van der Waals surface area contributed by atoms with Crippen LogP contribution >= 0.6 is 0 Å². The van der Waals surface area contributed by atoms with Crippen molar-refractivity contribution in [1.82, 2.24) is 9.55 Å². The number of pyridine rings is 1. The number of hydrogen-bond donors (Lipinski definition) is 0. The lowest BCUT2D eigenvalue weighted by atomic mass is 10.4. The molecule has 0 aliphatic rings. The van der Waals surface area contributed by atoms with Gasteiger partial charge in [0.2, 0.25) is 6.67 Å².